The van der Waals surface area contributed by atoms with Gasteiger partial charge >= 0.3 is 0 Å². The fourth-order valence-electron chi connectivity index (χ4n) is 0.819. The first-order chi connectivity index (χ1) is 4.33. The van der Waals surface area contributed by atoms with Crippen molar-refractivity contribution in [3.63, 3.8) is 0 Å². The van der Waals surface area contributed by atoms with Gasteiger partial charge in [0.15, 0.2) is 0 Å². The summed E-state index contributed by atoms with van der Waals surface area (Å²) in [7, 11) is 1.95. The number of likely N-dealkylation sites (N-methyl/N-ethyl adjacent to an activating group) is 1. The Hall–Kier alpha value is -0.480. The van der Waals surface area contributed by atoms with E-state index in [2.05, 4.69) is 5.18 Å². The van der Waals surface area contributed by atoms with Crippen molar-refractivity contribution in [3.05, 3.63) is 4.91 Å². The van der Waals surface area contributed by atoms with E-state index in [1.807, 2.05) is 11.9 Å². The minimum absolute atomic E-state index is 0.441. The van der Waals surface area contributed by atoms with Crippen LogP contribution in [0.15, 0.2) is 5.18 Å². The van der Waals surface area contributed by atoms with Gasteiger partial charge in [0.05, 0.1) is 6.61 Å². The number of rotatable bonds is 1. The predicted molar refractivity (Wildman–Crippen MR) is 33.0 cm³/mol. The van der Waals surface area contributed by atoms with Gasteiger partial charge in [-0.3, -0.25) is 4.90 Å². The number of nitroso groups, excluding NO2 is 1. The molecular weight excluding hydrogens is 120 g/mol. The van der Waals surface area contributed by atoms with E-state index in [0.717, 1.165) is 6.54 Å². The molecule has 1 rings (SSSR count). The van der Waals surface area contributed by atoms with E-state index in [0.29, 0.717) is 13.2 Å². The zero-order valence-corrected chi connectivity index (χ0v) is 5.41. The van der Waals surface area contributed by atoms with Gasteiger partial charge in [-0.15, -0.1) is 4.91 Å². The molecule has 52 valence electrons. The largest absolute Gasteiger partial charge is 0.350 e. The molecule has 1 atom stereocenters. The topological polar surface area (TPSA) is 41.9 Å². The Labute approximate surface area is 53.8 Å². The van der Waals surface area contributed by atoms with Gasteiger partial charge in [0.1, 0.15) is 0 Å². The second kappa shape index (κ2) is 2.89. The monoisotopic (exact) mass is 130 g/mol. The molecule has 0 spiro atoms. The van der Waals surface area contributed by atoms with E-state index in [1.54, 1.807) is 0 Å². The Morgan fingerprint density at radius 2 is 2.56 bits per heavy atom. The smallest absolute Gasteiger partial charge is 0.202 e. The summed E-state index contributed by atoms with van der Waals surface area (Å²) in [6.45, 7) is 2.14. The lowest BCUT2D eigenvalue weighted by Gasteiger charge is -2.25. The molecule has 9 heavy (non-hydrogen) atoms. The third-order valence-electron chi connectivity index (χ3n) is 1.37. The summed E-state index contributed by atoms with van der Waals surface area (Å²) in [5.41, 5.74) is 0. The lowest BCUT2D eigenvalue weighted by atomic mass is 10.4. The molecule has 0 bridgehead atoms. The number of nitrogens with zero attached hydrogens (tertiary/aromatic N) is 2. The average molecular weight is 130 g/mol. The predicted octanol–water partition coefficient (Wildman–Crippen LogP) is 0.0409. The van der Waals surface area contributed by atoms with Gasteiger partial charge in [-0.1, -0.05) is 0 Å². The number of ether oxygens (including phenoxy) is 1. The van der Waals surface area contributed by atoms with E-state index in [4.69, 9.17) is 4.74 Å². The fourth-order valence-corrected chi connectivity index (χ4v) is 0.819. The Balaban J connectivity index is 2.31. The first-order valence-electron chi connectivity index (χ1n) is 2.95. The summed E-state index contributed by atoms with van der Waals surface area (Å²) >= 11 is 0. The van der Waals surface area contributed by atoms with E-state index >= 15 is 0 Å². The summed E-state index contributed by atoms with van der Waals surface area (Å²) < 4.78 is 4.98. The van der Waals surface area contributed by atoms with Gasteiger partial charge in [0, 0.05) is 13.1 Å². The fraction of sp³-hybridized carbons (Fsp3) is 1.00. The lowest BCUT2D eigenvalue weighted by molar-refractivity contribution is -0.0148. The minimum atomic E-state index is -0.441. The zero-order valence-electron chi connectivity index (χ0n) is 5.41. The second-order valence-electron chi connectivity index (χ2n) is 2.19. The van der Waals surface area contributed by atoms with E-state index < -0.39 is 6.23 Å². The van der Waals surface area contributed by atoms with Crippen LogP contribution < -0.4 is 0 Å². The molecular formula is C5H10N2O2. The van der Waals surface area contributed by atoms with Crippen molar-refractivity contribution in [2.45, 2.75) is 6.23 Å². The molecule has 1 aliphatic heterocycles. The van der Waals surface area contributed by atoms with Gasteiger partial charge in [-0.25, -0.2) is 0 Å². The van der Waals surface area contributed by atoms with E-state index in [9.17, 15) is 4.91 Å². The summed E-state index contributed by atoms with van der Waals surface area (Å²) in [6.07, 6.45) is -0.441. The molecule has 0 aromatic heterocycles. The molecule has 0 aliphatic carbocycles. The SMILES string of the molecule is CN1CCOC(N=O)C1. The van der Waals surface area contributed by atoms with Gasteiger partial charge in [0.25, 0.3) is 0 Å². The molecule has 0 amide bonds. The molecule has 0 N–H and O–H groups in total. The number of hydrogen-bond acceptors (Lipinski definition) is 4. The van der Waals surface area contributed by atoms with Crippen LogP contribution in [0.4, 0.5) is 0 Å². The van der Waals surface area contributed by atoms with Crippen LogP contribution in [0.25, 0.3) is 0 Å². The van der Waals surface area contributed by atoms with Crippen molar-refractivity contribution in [1.29, 1.82) is 0 Å². The van der Waals surface area contributed by atoms with E-state index in [-0.39, 0.29) is 0 Å². The summed E-state index contributed by atoms with van der Waals surface area (Å²) in [5.74, 6) is 0. The maximum absolute atomic E-state index is 9.90. The van der Waals surface area contributed by atoms with Crippen LogP contribution in [0, 0.1) is 4.91 Å². The molecule has 0 radical (unpaired) electrons. The molecule has 1 unspecified atom stereocenters. The molecule has 0 aromatic rings. The molecule has 4 heteroatoms. The minimum Gasteiger partial charge on any atom is -0.350 e. The maximum atomic E-state index is 9.90. The number of morpholine rings is 1. The quantitative estimate of drug-likeness (QED) is 0.471. The lowest BCUT2D eigenvalue weighted by Crippen LogP contribution is -2.38. The summed E-state index contributed by atoms with van der Waals surface area (Å²) in [4.78, 5) is 11.9. The number of hydrogen-bond donors (Lipinski definition) is 0. The van der Waals surface area contributed by atoms with Gasteiger partial charge < -0.3 is 4.74 Å². The highest BCUT2D eigenvalue weighted by molar-refractivity contribution is 4.64. The van der Waals surface area contributed by atoms with Crippen LogP contribution >= 0.6 is 0 Å². The molecule has 0 aromatic carbocycles. The molecule has 1 saturated heterocycles. The summed E-state index contributed by atoms with van der Waals surface area (Å²) in [6, 6.07) is 0. The third-order valence-corrected chi connectivity index (χ3v) is 1.37. The van der Waals surface area contributed by atoms with Crippen molar-refractivity contribution < 1.29 is 4.74 Å². The standard InChI is InChI=1S/C5H10N2O2/c1-7-2-3-9-5(4-7)6-8/h5H,2-4H2,1H3. The van der Waals surface area contributed by atoms with Crippen molar-refractivity contribution in [3.8, 4) is 0 Å². The van der Waals surface area contributed by atoms with Crippen LogP contribution in [0.1, 0.15) is 0 Å². The highest BCUT2D eigenvalue weighted by atomic mass is 16.5. The van der Waals surface area contributed by atoms with Gasteiger partial charge in [-0.05, 0) is 12.2 Å². The van der Waals surface area contributed by atoms with Crippen molar-refractivity contribution in [1.82, 2.24) is 4.90 Å². The van der Waals surface area contributed by atoms with Gasteiger partial charge in [0.2, 0.25) is 6.23 Å². The Morgan fingerprint density at radius 1 is 1.78 bits per heavy atom. The Kier molecular flexibility index (Phi) is 2.13. The second-order valence-corrected chi connectivity index (χ2v) is 2.19. The average Bonchev–Trinajstić information content (AvgIpc) is 1.88. The van der Waals surface area contributed by atoms with Crippen LogP contribution in [-0.2, 0) is 4.74 Å². The maximum Gasteiger partial charge on any atom is 0.202 e. The van der Waals surface area contributed by atoms with Gasteiger partial charge in [-0.2, -0.15) is 0 Å². The molecule has 1 aliphatic rings. The van der Waals surface area contributed by atoms with Crippen molar-refractivity contribution in [2.24, 2.45) is 5.18 Å². The highest BCUT2D eigenvalue weighted by Crippen LogP contribution is 2.02. The van der Waals surface area contributed by atoms with E-state index in [1.165, 1.54) is 0 Å². The van der Waals surface area contributed by atoms with Crippen LogP contribution in [0.2, 0.25) is 0 Å². The Morgan fingerprint density at radius 3 is 3.00 bits per heavy atom. The normalized spacial score (nSPS) is 30.1. The van der Waals surface area contributed by atoms with Crippen LogP contribution in [-0.4, -0.2) is 37.9 Å². The summed E-state index contributed by atoms with van der Waals surface area (Å²) in [5, 5.41) is 2.78. The highest BCUT2D eigenvalue weighted by Gasteiger charge is 2.16. The van der Waals surface area contributed by atoms with Crippen LogP contribution in [0.3, 0.4) is 0 Å². The van der Waals surface area contributed by atoms with Crippen molar-refractivity contribution >= 4 is 0 Å². The zero-order chi connectivity index (χ0) is 6.69. The van der Waals surface area contributed by atoms with Crippen LogP contribution in [0.5, 0.6) is 0 Å². The third kappa shape index (κ3) is 1.73. The van der Waals surface area contributed by atoms with Crippen molar-refractivity contribution in [2.75, 3.05) is 26.7 Å². The first kappa shape index (κ1) is 6.64. The molecule has 1 heterocycles. The Bertz CT molecular complexity index is 107. The molecule has 0 saturated carbocycles. The molecule has 4 nitrogen and oxygen atoms in total. The first-order valence-corrected chi connectivity index (χ1v) is 2.95. The molecule has 1 fully saturated rings.